The largest absolute Gasteiger partial charge is 0.427 e. The molecule has 3 rings (SSSR count). The van der Waals surface area contributed by atoms with Crippen molar-refractivity contribution in [1.29, 1.82) is 0 Å². The molecule has 0 spiro atoms. The Hall–Kier alpha value is -4.27. The normalized spacial score (nSPS) is 10.1. The number of hydrogen-bond donors (Lipinski definition) is 3. The SMILES string of the molecule is CC(=O)Oc1cccc(C(=O)Nc2ccccc2NC(=O)c2ccc(=O)[nH]n2)c1. The van der Waals surface area contributed by atoms with Gasteiger partial charge in [0, 0.05) is 18.6 Å². The number of nitrogens with zero attached hydrogens (tertiary/aromatic N) is 1. The van der Waals surface area contributed by atoms with Crippen molar-refractivity contribution in [3.8, 4) is 5.75 Å². The summed E-state index contributed by atoms with van der Waals surface area (Å²) in [6.45, 7) is 1.27. The Bertz CT molecular complexity index is 1120. The number of rotatable bonds is 5. The van der Waals surface area contributed by atoms with Crippen LogP contribution in [0.3, 0.4) is 0 Å². The van der Waals surface area contributed by atoms with Crippen LogP contribution in [0.15, 0.2) is 65.5 Å². The van der Waals surface area contributed by atoms with Gasteiger partial charge >= 0.3 is 5.97 Å². The summed E-state index contributed by atoms with van der Waals surface area (Å²) in [5.74, 6) is -1.26. The Labute approximate surface area is 164 Å². The lowest BCUT2D eigenvalue weighted by atomic mass is 10.2. The van der Waals surface area contributed by atoms with Gasteiger partial charge in [0.2, 0.25) is 0 Å². The molecule has 0 saturated carbocycles. The quantitative estimate of drug-likeness (QED) is 0.451. The van der Waals surface area contributed by atoms with Gasteiger partial charge in [-0.15, -0.1) is 0 Å². The molecule has 0 atom stereocenters. The van der Waals surface area contributed by atoms with Crippen molar-refractivity contribution < 1.29 is 19.1 Å². The van der Waals surface area contributed by atoms with E-state index in [1.165, 1.54) is 25.1 Å². The number of carbonyl (C=O) groups is 3. The van der Waals surface area contributed by atoms with Gasteiger partial charge < -0.3 is 15.4 Å². The summed E-state index contributed by atoms with van der Waals surface area (Å²) in [6.07, 6.45) is 0. The van der Waals surface area contributed by atoms with Gasteiger partial charge in [0.25, 0.3) is 17.4 Å². The Balaban J connectivity index is 1.77. The van der Waals surface area contributed by atoms with Gasteiger partial charge in [0.1, 0.15) is 11.4 Å². The third-order valence-corrected chi connectivity index (χ3v) is 3.69. The topological polar surface area (TPSA) is 130 Å². The first kappa shape index (κ1) is 19.5. The highest BCUT2D eigenvalue weighted by Crippen LogP contribution is 2.23. The van der Waals surface area contributed by atoms with Crippen molar-refractivity contribution in [2.45, 2.75) is 6.92 Å². The van der Waals surface area contributed by atoms with Gasteiger partial charge in [-0.1, -0.05) is 18.2 Å². The molecule has 0 radical (unpaired) electrons. The van der Waals surface area contributed by atoms with E-state index in [2.05, 4.69) is 20.8 Å². The molecule has 1 heterocycles. The minimum atomic E-state index is -0.556. The molecular formula is C20H16N4O5. The number of aromatic nitrogens is 2. The van der Waals surface area contributed by atoms with Crippen LogP contribution in [0.25, 0.3) is 0 Å². The van der Waals surface area contributed by atoms with Crippen LogP contribution in [-0.2, 0) is 4.79 Å². The fourth-order valence-electron chi connectivity index (χ4n) is 2.42. The molecule has 0 bridgehead atoms. The molecule has 0 saturated heterocycles. The fraction of sp³-hybridized carbons (Fsp3) is 0.0500. The highest BCUT2D eigenvalue weighted by atomic mass is 16.5. The molecule has 3 N–H and O–H groups in total. The van der Waals surface area contributed by atoms with Crippen LogP contribution in [0.5, 0.6) is 5.75 Å². The summed E-state index contributed by atoms with van der Waals surface area (Å²) in [4.78, 5) is 47.1. The van der Waals surface area contributed by atoms with E-state index in [-0.39, 0.29) is 17.0 Å². The summed E-state index contributed by atoms with van der Waals surface area (Å²) in [5.41, 5.74) is 0.556. The number of H-pyrrole nitrogens is 1. The summed E-state index contributed by atoms with van der Waals surface area (Å²) >= 11 is 0. The predicted octanol–water partition coefficient (Wildman–Crippen LogP) is 2.20. The van der Waals surface area contributed by atoms with E-state index < -0.39 is 23.3 Å². The highest BCUT2D eigenvalue weighted by Gasteiger charge is 2.14. The van der Waals surface area contributed by atoms with E-state index in [0.29, 0.717) is 11.4 Å². The Morgan fingerprint density at radius 1 is 0.897 bits per heavy atom. The third kappa shape index (κ3) is 5.13. The lowest BCUT2D eigenvalue weighted by Crippen LogP contribution is -2.19. The smallest absolute Gasteiger partial charge is 0.308 e. The molecule has 29 heavy (non-hydrogen) atoms. The molecule has 9 nitrogen and oxygen atoms in total. The predicted molar refractivity (Wildman–Crippen MR) is 105 cm³/mol. The minimum absolute atomic E-state index is 0.0137. The van der Waals surface area contributed by atoms with Gasteiger partial charge in [-0.3, -0.25) is 19.2 Å². The molecule has 9 heteroatoms. The zero-order chi connectivity index (χ0) is 20.8. The number of amides is 2. The van der Waals surface area contributed by atoms with E-state index in [9.17, 15) is 19.2 Å². The van der Waals surface area contributed by atoms with Crippen molar-refractivity contribution >= 4 is 29.2 Å². The Morgan fingerprint density at radius 3 is 2.21 bits per heavy atom. The standard InChI is InChI=1S/C20H16N4O5/c1-12(25)29-14-6-4-5-13(11-14)19(27)21-15-7-2-3-8-16(15)22-20(28)17-9-10-18(26)24-23-17/h2-11H,1H3,(H,21,27)(H,22,28)(H,24,26). The maximum Gasteiger partial charge on any atom is 0.308 e. The molecule has 0 aliphatic carbocycles. The van der Waals surface area contributed by atoms with Crippen LogP contribution < -0.4 is 20.9 Å². The van der Waals surface area contributed by atoms with Crippen molar-refractivity contribution in [3.63, 3.8) is 0 Å². The van der Waals surface area contributed by atoms with Crippen molar-refractivity contribution in [3.05, 3.63) is 82.3 Å². The van der Waals surface area contributed by atoms with Crippen molar-refractivity contribution in [2.24, 2.45) is 0 Å². The maximum absolute atomic E-state index is 12.6. The first-order valence-corrected chi connectivity index (χ1v) is 8.48. The Kier molecular flexibility index (Phi) is 5.79. The van der Waals surface area contributed by atoms with Crippen LogP contribution in [-0.4, -0.2) is 28.0 Å². The molecule has 2 amide bonds. The molecule has 0 aliphatic heterocycles. The van der Waals surface area contributed by atoms with E-state index >= 15 is 0 Å². The van der Waals surface area contributed by atoms with Gasteiger partial charge in [0.05, 0.1) is 11.4 Å². The van der Waals surface area contributed by atoms with Crippen molar-refractivity contribution in [2.75, 3.05) is 10.6 Å². The lowest BCUT2D eigenvalue weighted by Gasteiger charge is -2.12. The van der Waals surface area contributed by atoms with E-state index in [4.69, 9.17) is 4.74 Å². The maximum atomic E-state index is 12.6. The summed E-state index contributed by atoms with van der Waals surface area (Å²) in [6, 6.07) is 15.2. The molecule has 0 fully saturated rings. The van der Waals surface area contributed by atoms with Crippen LogP contribution >= 0.6 is 0 Å². The van der Waals surface area contributed by atoms with Crippen LogP contribution in [0.4, 0.5) is 11.4 Å². The average molecular weight is 392 g/mol. The first-order chi connectivity index (χ1) is 13.9. The molecule has 0 unspecified atom stereocenters. The summed E-state index contributed by atoms with van der Waals surface area (Å²) in [5, 5.41) is 11.2. The van der Waals surface area contributed by atoms with Gasteiger partial charge in [-0.25, -0.2) is 5.10 Å². The zero-order valence-corrected chi connectivity index (χ0v) is 15.3. The second-order valence-corrected chi connectivity index (χ2v) is 5.88. The fourth-order valence-corrected chi connectivity index (χ4v) is 2.42. The van der Waals surface area contributed by atoms with Gasteiger partial charge in [-0.05, 0) is 36.4 Å². The second kappa shape index (κ2) is 8.61. The van der Waals surface area contributed by atoms with Gasteiger partial charge in [-0.2, -0.15) is 5.10 Å². The van der Waals surface area contributed by atoms with Crippen LogP contribution in [0, 0.1) is 0 Å². The molecule has 2 aromatic carbocycles. The number of aromatic amines is 1. The highest BCUT2D eigenvalue weighted by molar-refractivity contribution is 6.09. The van der Waals surface area contributed by atoms with E-state index in [1.807, 2.05) is 0 Å². The third-order valence-electron chi connectivity index (χ3n) is 3.69. The number of nitrogens with one attached hydrogen (secondary N) is 3. The molecular weight excluding hydrogens is 376 g/mol. The number of para-hydroxylation sites is 2. The van der Waals surface area contributed by atoms with Gasteiger partial charge in [0.15, 0.2) is 0 Å². The zero-order valence-electron chi connectivity index (χ0n) is 15.3. The molecule has 3 aromatic rings. The van der Waals surface area contributed by atoms with E-state index in [1.54, 1.807) is 42.5 Å². The summed E-state index contributed by atoms with van der Waals surface area (Å²) < 4.78 is 4.98. The number of hydrogen-bond acceptors (Lipinski definition) is 6. The number of carbonyl (C=O) groups excluding carboxylic acids is 3. The number of ether oxygens (including phenoxy) is 1. The second-order valence-electron chi connectivity index (χ2n) is 5.88. The number of benzene rings is 2. The monoisotopic (exact) mass is 392 g/mol. The minimum Gasteiger partial charge on any atom is -0.427 e. The molecule has 0 aliphatic rings. The van der Waals surface area contributed by atoms with Crippen molar-refractivity contribution in [1.82, 2.24) is 10.2 Å². The summed E-state index contributed by atoms with van der Waals surface area (Å²) in [7, 11) is 0. The number of esters is 1. The average Bonchev–Trinajstić information content (AvgIpc) is 2.69. The number of anilines is 2. The van der Waals surface area contributed by atoms with Crippen LogP contribution in [0.1, 0.15) is 27.8 Å². The van der Waals surface area contributed by atoms with E-state index in [0.717, 1.165) is 0 Å². The first-order valence-electron chi connectivity index (χ1n) is 8.48. The Morgan fingerprint density at radius 2 is 1.59 bits per heavy atom. The van der Waals surface area contributed by atoms with Crippen LogP contribution in [0.2, 0.25) is 0 Å². The molecule has 146 valence electrons. The lowest BCUT2D eigenvalue weighted by molar-refractivity contribution is -0.131. The molecule has 1 aromatic heterocycles.